The largest absolute Gasteiger partial charge is 0.546 e. The maximum Gasteiger partial charge on any atom is 0.250 e. The van der Waals surface area contributed by atoms with Gasteiger partial charge in [-0.05, 0) is 78.2 Å². The van der Waals surface area contributed by atoms with Gasteiger partial charge in [-0.25, -0.2) is 0 Å². The van der Waals surface area contributed by atoms with Gasteiger partial charge in [0.1, 0.15) is 18.0 Å². The molecule has 2 unspecified atom stereocenters. The highest BCUT2D eigenvalue weighted by Crippen LogP contribution is 2.49. The van der Waals surface area contributed by atoms with Crippen LogP contribution < -0.4 is 4.74 Å². The average molecular weight is 463 g/mol. The lowest BCUT2D eigenvalue weighted by Crippen LogP contribution is -2.42. The second-order valence-corrected chi connectivity index (χ2v) is 15.8. The summed E-state index contributed by atoms with van der Waals surface area (Å²) in [7, 11) is -1.86. The van der Waals surface area contributed by atoms with Crippen molar-refractivity contribution in [1.29, 1.82) is 0 Å². The topological polar surface area (TPSA) is 38.7 Å². The summed E-state index contributed by atoms with van der Waals surface area (Å²) in [5.74, 6) is 2.24. The highest BCUT2D eigenvalue weighted by atomic mass is 28.4. The van der Waals surface area contributed by atoms with Crippen molar-refractivity contribution in [3.8, 4) is 5.75 Å². The van der Waals surface area contributed by atoms with Crippen LogP contribution >= 0.6 is 0 Å². The second-order valence-electron chi connectivity index (χ2n) is 11.1. The van der Waals surface area contributed by atoms with E-state index < -0.39 is 13.9 Å². The molecule has 4 heteroatoms. The Bertz CT molecular complexity index is 1020. The third kappa shape index (κ3) is 5.12. The van der Waals surface area contributed by atoms with Gasteiger partial charge in [-0.15, -0.1) is 0 Å². The lowest BCUT2D eigenvalue weighted by molar-refractivity contribution is 0.0330. The van der Waals surface area contributed by atoms with Crippen molar-refractivity contribution in [3.05, 3.63) is 89.2 Å². The molecule has 4 rings (SSSR count). The first-order chi connectivity index (χ1) is 15.6. The van der Waals surface area contributed by atoms with Gasteiger partial charge in [0, 0.05) is 6.42 Å². The number of allylic oxidation sites excluding steroid dienone is 3. The van der Waals surface area contributed by atoms with Gasteiger partial charge in [0.2, 0.25) is 8.32 Å². The van der Waals surface area contributed by atoms with Crippen molar-refractivity contribution in [2.24, 2.45) is 5.92 Å². The van der Waals surface area contributed by atoms with Gasteiger partial charge < -0.3 is 14.3 Å². The van der Waals surface area contributed by atoms with E-state index in [1.807, 2.05) is 42.5 Å². The van der Waals surface area contributed by atoms with Crippen LogP contribution in [0.2, 0.25) is 18.1 Å². The zero-order valence-electron chi connectivity index (χ0n) is 20.7. The Labute approximate surface area is 200 Å². The molecule has 0 bridgehead atoms. The van der Waals surface area contributed by atoms with E-state index in [1.165, 1.54) is 0 Å². The molecule has 2 aliphatic carbocycles. The van der Waals surface area contributed by atoms with Crippen LogP contribution in [-0.2, 0) is 16.6 Å². The number of rotatable bonds is 6. The lowest BCUT2D eigenvalue weighted by atomic mass is 9.68. The first-order valence-electron chi connectivity index (χ1n) is 12.2. The van der Waals surface area contributed by atoms with E-state index in [9.17, 15) is 5.11 Å². The Balaban J connectivity index is 1.50. The summed E-state index contributed by atoms with van der Waals surface area (Å²) in [6.07, 6.45) is 8.00. The van der Waals surface area contributed by atoms with E-state index in [2.05, 4.69) is 58.2 Å². The van der Waals surface area contributed by atoms with Crippen molar-refractivity contribution in [3.63, 3.8) is 0 Å². The maximum atomic E-state index is 11.8. The van der Waals surface area contributed by atoms with Crippen molar-refractivity contribution >= 4 is 8.32 Å². The van der Waals surface area contributed by atoms with Gasteiger partial charge in [0.05, 0.1) is 5.76 Å². The molecule has 1 saturated carbocycles. The molecule has 2 aromatic rings. The van der Waals surface area contributed by atoms with Gasteiger partial charge in [-0.1, -0.05) is 69.3 Å². The Morgan fingerprint density at radius 3 is 2.36 bits per heavy atom. The fourth-order valence-electron chi connectivity index (χ4n) is 4.66. The van der Waals surface area contributed by atoms with Crippen LogP contribution in [0.15, 0.2) is 78.1 Å². The number of aliphatic hydroxyl groups is 1. The number of benzene rings is 2. The molecule has 2 aliphatic rings. The molecular formula is C29H38O3Si. The number of hydrogen-bond donors (Lipinski definition) is 1. The van der Waals surface area contributed by atoms with Gasteiger partial charge in [0.25, 0.3) is 0 Å². The van der Waals surface area contributed by atoms with Crippen LogP contribution in [0.4, 0.5) is 0 Å². The summed E-state index contributed by atoms with van der Waals surface area (Å²) in [6.45, 7) is 12.0. The summed E-state index contributed by atoms with van der Waals surface area (Å²) in [4.78, 5) is 0. The fraction of sp³-hybridized carbons (Fsp3) is 0.448. The third-order valence-electron chi connectivity index (χ3n) is 7.68. The number of ether oxygens (including phenoxy) is 1. The second kappa shape index (κ2) is 9.15. The highest BCUT2D eigenvalue weighted by Gasteiger charge is 2.44. The minimum Gasteiger partial charge on any atom is -0.546 e. The van der Waals surface area contributed by atoms with E-state index in [0.717, 1.165) is 53.9 Å². The van der Waals surface area contributed by atoms with Crippen LogP contribution in [-0.4, -0.2) is 13.4 Å². The molecule has 176 valence electrons. The van der Waals surface area contributed by atoms with E-state index >= 15 is 0 Å². The molecular weight excluding hydrogens is 424 g/mol. The van der Waals surface area contributed by atoms with Crippen molar-refractivity contribution in [1.82, 2.24) is 0 Å². The fourth-order valence-corrected chi connectivity index (χ4v) is 5.77. The first kappa shape index (κ1) is 23.8. The molecule has 0 aromatic heterocycles. The molecule has 0 spiro atoms. The molecule has 1 fully saturated rings. The molecule has 0 radical (unpaired) electrons. The summed E-state index contributed by atoms with van der Waals surface area (Å²) >= 11 is 0. The van der Waals surface area contributed by atoms with E-state index in [4.69, 9.17) is 9.16 Å². The first-order valence-corrected chi connectivity index (χ1v) is 15.1. The van der Waals surface area contributed by atoms with Crippen LogP contribution in [0.25, 0.3) is 0 Å². The Hall–Kier alpha value is -2.30. The van der Waals surface area contributed by atoms with Crippen LogP contribution in [0.5, 0.6) is 5.75 Å². The molecule has 3 nitrogen and oxygen atoms in total. The smallest absolute Gasteiger partial charge is 0.250 e. The summed E-state index contributed by atoms with van der Waals surface area (Å²) in [5, 5.41) is 12.0. The Kier molecular flexibility index (Phi) is 6.61. The summed E-state index contributed by atoms with van der Waals surface area (Å²) in [5.41, 5.74) is 2.31. The molecule has 0 heterocycles. The molecule has 0 saturated heterocycles. The quantitative estimate of drug-likeness (QED) is 0.452. The van der Waals surface area contributed by atoms with Crippen molar-refractivity contribution in [2.75, 3.05) is 0 Å². The number of hydrogen-bond acceptors (Lipinski definition) is 3. The lowest BCUT2D eigenvalue weighted by Gasteiger charge is -2.44. The highest BCUT2D eigenvalue weighted by molar-refractivity contribution is 6.74. The SMILES string of the molecule is CC(C)(C)[Si](C)(C)OC1=CC=C2C(CCCC2(O)c2ccc(OCc3ccccc3)cc2)C1. The summed E-state index contributed by atoms with van der Waals surface area (Å²) in [6, 6.07) is 18.2. The summed E-state index contributed by atoms with van der Waals surface area (Å²) < 4.78 is 12.5. The normalized spacial score (nSPS) is 23.3. The predicted molar refractivity (Wildman–Crippen MR) is 138 cm³/mol. The monoisotopic (exact) mass is 462 g/mol. The van der Waals surface area contributed by atoms with E-state index in [1.54, 1.807) is 0 Å². The van der Waals surface area contributed by atoms with Gasteiger partial charge in [0.15, 0.2) is 0 Å². The van der Waals surface area contributed by atoms with Gasteiger partial charge in [-0.2, -0.15) is 0 Å². The van der Waals surface area contributed by atoms with Crippen molar-refractivity contribution in [2.45, 2.75) is 76.8 Å². The molecule has 2 aromatic carbocycles. The Morgan fingerprint density at radius 1 is 1.00 bits per heavy atom. The molecule has 1 N–H and O–H groups in total. The minimum atomic E-state index is -1.86. The predicted octanol–water partition coefficient (Wildman–Crippen LogP) is 7.49. The van der Waals surface area contributed by atoms with Crippen LogP contribution in [0, 0.1) is 5.92 Å². The molecule has 33 heavy (non-hydrogen) atoms. The number of fused-ring (bicyclic) bond motifs is 1. The van der Waals surface area contributed by atoms with Crippen LogP contribution in [0.3, 0.4) is 0 Å². The average Bonchev–Trinajstić information content (AvgIpc) is 2.78. The standard InChI is InChI=1S/C29H38O3Si/c1-28(2,3)33(4,5)32-26-17-18-27-23(20-26)12-9-19-29(27,30)24-13-15-25(16-14-24)31-21-22-10-7-6-8-11-22/h6-8,10-11,13-18,23,30H,9,12,19-21H2,1-5H3. The van der Waals surface area contributed by atoms with Gasteiger partial charge >= 0.3 is 0 Å². The van der Waals surface area contributed by atoms with E-state index in [0.29, 0.717) is 12.5 Å². The molecule has 2 atom stereocenters. The van der Waals surface area contributed by atoms with Gasteiger partial charge in [-0.3, -0.25) is 0 Å². The van der Waals surface area contributed by atoms with Crippen LogP contribution in [0.1, 0.15) is 57.6 Å². The maximum absolute atomic E-state index is 11.8. The van der Waals surface area contributed by atoms with E-state index in [-0.39, 0.29) is 5.04 Å². The van der Waals surface area contributed by atoms with Crippen molar-refractivity contribution < 1.29 is 14.3 Å². The third-order valence-corrected chi connectivity index (χ3v) is 12.1. The molecule has 0 amide bonds. The zero-order chi connectivity index (χ0) is 23.7. The zero-order valence-corrected chi connectivity index (χ0v) is 21.7. The Morgan fingerprint density at radius 2 is 1.70 bits per heavy atom. The minimum absolute atomic E-state index is 0.176. The molecule has 0 aliphatic heterocycles.